The van der Waals surface area contributed by atoms with E-state index in [9.17, 15) is 9.59 Å². The molecule has 0 bridgehead atoms. The molecule has 0 aliphatic heterocycles. The molecule has 1 aromatic rings. The lowest BCUT2D eigenvalue weighted by atomic mass is 10.0. The minimum absolute atomic E-state index is 0.0505. The van der Waals surface area contributed by atoms with E-state index in [1.165, 1.54) is 0 Å². The van der Waals surface area contributed by atoms with Gasteiger partial charge in [0.25, 0.3) is 0 Å². The molecule has 0 fully saturated rings. The molecule has 128 valence electrons. The average molecular weight is 320 g/mol. The van der Waals surface area contributed by atoms with Crippen LogP contribution in [0.3, 0.4) is 0 Å². The van der Waals surface area contributed by atoms with E-state index < -0.39 is 17.7 Å². The van der Waals surface area contributed by atoms with Crippen molar-refractivity contribution < 1.29 is 14.3 Å². The molecule has 5 heteroatoms. The van der Waals surface area contributed by atoms with Crippen LogP contribution in [0.5, 0.6) is 0 Å². The van der Waals surface area contributed by atoms with Crippen LogP contribution in [0.1, 0.15) is 53.1 Å². The molecule has 2 N–H and O–H groups in total. The van der Waals surface area contributed by atoms with Gasteiger partial charge in [-0.1, -0.05) is 44.2 Å². The largest absolute Gasteiger partial charge is 0.444 e. The number of alkyl carbamates (subject to hydrolysis) is 1. The molecule has 0 aromatic heterocycles. The summed E-state index contributed by atoms with van der Waals surface area (Å²) in [7, 11) is 0. The van der Waals surface area contributed by atoms with E-state index in [1.54, 1.807) is 20.8 Å². The number of benzene rings is 1. The molecular weight excluding hydrogens is 292 g/mol. The van der Waals surface area contributed by atoms with Crippen molar-refractivity contribution in [2.75, 3.05) is 0 Å². The van der Waals surface area contributed by atoms with Crippen LogP contribution in [0.25, 0.3) is 0 Å². The van der Waals surface area contributed by atoms with Crippen LogP contribution < -0.4 is 10.6 Å². The molecular formula is C18H28N2O3. The van der Waals surface area contributed by atoms with Gasteiger partial charge in [-0.15, -0.1) is 0 Å². The molecule has 0 spiro atoms. The molecule has 1 rings (SSSR count). The van der Waals surface area contributed by atoms with Crippen LogP contribution in [0, 0.1) is 5.92 Å². The number of rotatable bonds is 5. The highest BCUT2D eigenvalue weighted by Gasteiger charge is 2.27. The third-order valence-electron chi connectivity index (χ3n) is 3.28. The standard InChI is InChI=1S/C18H28N2O3/c1-12(2)15(20-17(22)23-18(4,5)6)16(21)19-13(3)14-10-8-7-9-11-14/h7-13,15H,1-6H3,(H,19,21)(H,20,22)/t13-,15-/m0/s1. The van der Waals surface area contributed by atoms with Gasteiger partial charge in [0.15, 0.2) is 0 Å². The van der Waals surface area contributed by atoms with Crippen molar-refractivity contribution in [3.8, 4) is 0 Å². The minimum atomic E-state index is -0.643. The monoisotopic (exact) mass is 320 g/mol. The van der Waals surface area contributed by atoms with Gasteiger partial charge in [0.2, 0.25) is 5.91 Å². The van der Waals surface area contributed by atoms with Crippen molar-refractivity contribution in [2.45, 2.75) is 59.2 Å². The SMILES string of the molecule is CC(C)[C@H](NC(=O)OC(C)(C)C)C(=O)N[C@@H](C)c1ccccc1. The molecule has 5 nitrogen and oxygen atoms in total. The van der Waals surface area contributed by atoms with Gasteiger partial charge in [-0.05, 0) is 39.2 Å². The van der Waals surface area contributed by atoms with E-state index in [-0.39, 0.29) is 17.9 Å². The molecule has 2 amide bonds. The lowest BCUT2D eigenvalue weighted by Crippen LogP contribution is -2.51. The van der Waals surface area contributed by atoms with Crippen LogP contribution in [-0.4, -0.2) is 23.6 Å². The topological polar surface area (TPSA) is 67.4 Å². The fourth-order valence-corrected chi connectivity index (χ4v) is 2.10. The average Bonchev–Trinajstić information content (AvgIpc) is 2.43. The first kappa shape index (κ1) is 19.0. The second-order valence-corrected chi connectivity index (χ2v) is 7.01. The van der Waals surface area contributed by atoms with E-state index in [0.717, 1.165) is 5.56 Å². The first-order valence-electron chi connectivity index (χ1n) is 7.95. The Morgan fingerprint density at radius 2 is 1.57 bits per heavy atom. The Balaban J connectivity index is 2.70. The Labute approximate surface area is 138 Å². The Morgan fingerprint density at radius 1 is 1.00 bits per heavy atom. The summed E-state index contributed by atoms with van der Waals surface area (Å²) < 4.78 is 5.23. The molecule has 0 aliphatic carbocycles. The number of ether oxygens (including phenoxy) is 1. The van der Waals surface area contributed by atoms with E-state index >= 15 is 0 Å². The zero-order valence-corrected chi connectivity index (χ0v) is 14.8. The molecule has 0 saturated heterocycles. The molecule has 1 aromatic carbocycles. The lowest BCUT2D eigenvalue weighted by molar-refractivity contribution is -0.124. The normalized spacial score (nSPS) is 14.0. The minimum Gasteiger partial charge on any atom is -0.444 e. The van der Waals surface area contributed by atoms with E-state index in [4.69, 9.17) is 4.74 Å². The van der Waals surface area contributed by atoms with Gasteiger partial charge in [0.05, 0.1) is 6.04 Å². The van der Waals surface area contributed by atoms with Crippen LogP contribution in [-0.2, 0) is 9.53 Å². The number of nitrogens with one attached hydrogen (secondary N) is 2. The maximum Gasteiger partial charge on any atom is 0.408 e. The molecule has 2 atom stereocenters. The third-order valence-corrected chi connectivity index (χ3v) is 3.28. The predicted molar refractivity (Wildman–Crippen MR) is 91.0 cm³/mol. The molecule has 0 unspecified atom stereocenters. The quantitative estimate of drug-likeness (QED) is 0.873. The molecule has 0 aliphatic rings. The summed E-state index contributed by atoms with van der Waals surface area (Å²) in [6.45, 7) is 11.0. The van der Waals surface area contributed by atoms with Gasteiger partial charge >= 0.3 is 6.09 Å². The summed E-state index contributed by atoms with van der Waals surface area (Å²) in [6.07, 6.45) is -0.585. The zero-order valence-electron chi connectivity index (χ0n) is 14.8. The van der Waals surface area contributed by atoms with Gasteiger partial charge < -0.3 is 15.4 Å². The Hall–Kier alpha value is -2.04. The van der Waals surface area contributed by atoms with Crippen LogP contribution in [0.2, 0.25) is 0 Å². The molecule has 0 saturated carbocycles. The summed E-state index contributed by atoms with van der Waals surface area (Å²) in [4.78, 5) is 24.4. The summed E-state index contributed by atoms with van der Waals surface area (Å²) in [5, 5.41) is 5.59. The second-order valence-electron chi connectivity index (χ2n) is 7.01. The Morgan fingerprint density at radius 3 is 2.04 bits per heavy atom. The maximum atomic E-state index is 12.5. The van der Waals surface area contributed by atoms with Gasteiger partial charge in [0, 0.05) is 0 Å². The van der Waals surface area contributed by atoms with Gasteiger partial charge in [-0.2, -0.15) is 0 Å². The van der Waals surface area contributed by atoms with Crippen molar-refractivity contribution in [2.24, 2.45) is 5.92 Å². The van der Waals surface area contributed by atoms with Crippen molar-refractivity contribution >= 4 is 12.0 Å². The lowest BCUT2D eigenvalue weighted by Gasteiger charge is -2.26. The predicted octanol–water partition coefficient (Wildman–Crippen LogP) is 3.41. The number of amides is 2. The first-order chi connectivity index (χ1) is 10.6. The van der Waals surface area contributed by atoms with Gasteiger partial charge in [-0.25, -0.2) is 4.79 Å². The van der Waals surface area contributed by atoms with Crippen molar-refractivity contribution in [3.05, 3.63) is 35.9 Å². The molecule has 23 heavy (non-hydrogen) atoms. The molecule has 0 radical (unpaired) electrons. The summed E-state index contributed by atoms with van der Waals surface area (Å²) in [5.41, 5.74) is 0.417. The second kappa shape index (κ2) is 7.99. The zero-order chi connectivity index (χ0) is 17.6. The van der Waals surface area contributed by atoms with E-state index in [1.807, 2.05) is 51.1 Å². The Kier molecular flexibility index (Phi) is 6.61. The van der Waals surface area contributed by atoms with Gasteiger partial charge in [0.1, 0.15) is 11.6 Å². The first-order valence-corrected chi connectivity index (χ1v) is 7.95. The maximum absolute atomic E-state index is 12.5. The van der Waals surface area contributed by atoms with Crippen LogP contribution in [0.4, 0.5) is 4.79 Å². The smallest absolute Gasteiger partial charge is 0.408 e. The number of hydrogen-bond acceptors (Lipinski definition) is 3. The van der Waals surface area contributed by atoms with Crippen molar-refractivity contribution in [3.63, 3.8) is 0 Å². The third kappa shape index (κ3) is 6.72. The molecule has 0 heterocycles. The van der Waals surface area contributed by atoms with Crippen LogP contribution >= 0.6 is 0 Å². The summed E-state index contributed by atoms with van der Waals surface area (Å²) >= 11 is 0. The van der Waals surface area contributed by atoms with Gasteiger partial charge in [-0.3, -0.25) is 4.79 Å². The highest BCUT2D eigenvalue weighted by molar-refractivity contribution is 5.86. The van der Waals surface area contributed by atoms with Crippen LogP contribution in [0.15, 0.2) is 30.3 Å². The van der Waals surface area contributed by atoms with Crippen molar-refractivity contribution in [1.82, 2.24) is 10.6 Å². The van der Waals surface area contributed by atoms with E-state index in [0.29, 0.717) is 0 Å². The highest BCUT2D eigenvalue weighted by atomic mass is 16.6. The fraction of sp³-hybridized carbons (Fsp3) is 0.556. The van der Waals surface area contributed by atoms with E-state index in [2.05, 4.69) is 10.6 Å². The summed E-state index contributed by atoms with van der Waals surface area (Å²) in [6, 6.07) is 8.92. The summed E-state index contributed by atoms with van der Waals surface area (Å²) in [5.74, 6) is -0.271. The fourth-order valence-electron chi connectivity index (χ4n) is 2.10. The number of carbonyl (C=O) groups excluding carboxylic acids is 2. The van der Waals surface area contributed by atoms with Crippen molar-refractivity contribution in [1.29, 1.82) is 0 Å². The highest BCUT2D eigenvalue weighted by Crippen LogP contribution is 2.13. The Bertz CT molecular complexity index is 521. The number of hydrogen-bond donors (Lipinski definition) is 2. The number of carbonyl (C=O) groups is 2.